The second kappa shape index (κ2) is 5.39. The summed E-state index contributed by atoms with van der Waals surface area (Å²) in [5, 5.41) is 0.744. The summed E-state index contributed by atoms with van der Waals surface area (Å²) in [5.41, 5.74) is 1.35. The first-order valence-electron chi connectivity index (χ1n) is 5.79. The fraction of sp³-hybridized carbons (Fsp3) is 0.286. The Morgan fingerprint density at radius 1 is 1.00 bits per heavy atom. The van der Waals surface area contributed by atoms with Crippen LogP contribution in [0.2, 0.25) is 10.3 Å². The summed E-state index contributed by atoms with van der Waals surface area (Å²) in [6.45, 7) is 6.06. The molecule has 0 saturated carbocycles. The molecular weight excluding hydrogens is 347 g/mol. The Balaban J connectivity index is 2.65. The van der Waals surface area contributed by atoms with E-state index in [1.165, 1.54) is 0 Å². The van der Waals surface area contributed by atoms with Gasteiger partial charge >= 0.3 is 0 Å². The first kappa shape index (κ1) is 14.8. The number of benzene rings is 1. The van der Waals surface area contributed by atoms with Crippen molar-refractivity contribution in [2.45, 2.75) is 26.2 Å². The van der Waals surface area contributed by atoms with E-state index in [9.17, 15) is 0 Å². The maximum atomic E-state index is 6.29. The molecule has 0 N–H and O–H groups in total. The number of halogens is 3. The van der Waals surface area contributed by atoms with Crippen LogP contribution in [-0.2, 0) is 5.41 Å². The molecule has 0 atom stereocenters. The Hall–Kier alpha value is -0.640. The van der Waals surface area contributed by atoms with Gasteiger partial charge in [0.2, 0.25) is 0 Å². The molecule has 2 nitrogen and oxygen atoms in total. The zero-order valence-corrected chi connectivity index (χ0v) is 13.9. The average molecular weight is 360 g/mol. The van der Waals surface area contributed by atoms with E-state index in [1.54, 1.807) is 0 Å². The SMILES string of the molecule is CC(C)(C)c1nc(Cl)c(-c2ccccc2Br)c(Cl)n1. The highest BCUT2D eigenvalue weighted by molar-refractivity contribution is 9.10. The van der Waals surface area contributed by atoms with Gasteiger partial charge in [0.05, 0.1) is 5.56 Å². The van der Waals surface area contributed by atoms with Gasteiger partial charge in [0, 0.05) is 15.5 Å². The standard InChI is InChI=1S/C14H13BrCl2N2/c1-14(2,3)13-18-11(16)10(12(17)19-13)8-6-4-5-7-9(8)15/h4-7H,1-3H3. The highest BCUT2D eigenvalue weighted by atomic mass is 79.9. The van der Waals surface area contributed by atoms with E-state index < -0.39 is 0 Å². The maximum Gasteiger partial charge on any atom is 0.142 e. The van der Waals surface area contributed by atoms with Crippen LogP contribution < -0.4 is 0 Å². The molecule has 0 unspecified atom stereocenters. The highest BCUT2D eigenvalue weighted by Crippen LogP contribution is 2.37. The van der Waals surface area contributed by atoms with Crippen molar-refractivity contribution in [2.24, 2.45) is 0 Å². The maximum absolute atomic E-state index is 6.29. The monoisotopic (exact) mass is 358 g/mol. The van der Waals surface area contributed by atoms with Crippen molar-refractivity contribution < 1.29 is 0 Å². The molecule has 2 rings (SSSR count). The summed E-state index contributed by atoms with van der Waals surface area (Å²) >= 11 is 16.1. The van der Waals surface area contributed by atoms with Crippen molar-refractivity contribution >= 4 is 39.1 Å². The topological polar surface area (TPSA) is 25.8 Å². The predicted octanol–water partition coefficient (Wildman–Crippen LogP) is 5.51. The van der Waals surface area contributed by atoms with Gasteiger partial charge in [-0.25, -0.2) is 9.97 Å². The molecule has 0 radical (unpaired) electrons. The van der Waals surface area contributed by atoms with Crippen molar-refractivity contribution in [3.8, 4) is 11.1 Å². The van der Waals surface area contributed by atoms with E-state index in [2.05, 4.69) is 25.9 Å². The van der Waals surface area contributed by atoms with Gasteiger partial charge in [0.1, 0.15) is 16.1 Å². The summed E-state index contributed by atoms with van der Waals surface area (Å²) in [5.74, 6) is 0.637. The smallest absolute Gasteiger partial charge is 0.142 e. The van der Waals surface area contributed by atoms with E-state index in [4.69, 9.17) is 23.2 Å². The third-order valence-electron chi connectivity index (χ3n) is 2.63. The van der Waals surface area contributed by atoms with Crippen LogP contribution in [-0.4, -0.2) is 9.97 Å². The minimum atomic E-state index is -0.195. The van der Waals surface area contributed by atoms with Gasteiger partial charge in [-0.3, -0.25) is 0 Å². The summed E-state index contributed by atoms with van der Waals surface area (Å²) < 4.78 is 0.908. The van der Waals surface area contributed by atoms with Crippen LogP contribution >= 0.6 is 39.1 Å². The number of hydrogen-bond donors (Lipinski definition) is 0. The Kier molecular flexibility index (Phi) is 4.19. The molecule has 0 saturated heterocycles. The average Bonchev–Trinajstić information content (AvgIpc) is 2.29. The van der Waals surface area contributed by atoms with Gasteiger partial charge in [0.25, 0.3) is 0 Å². The molecule has 0 fully saturated rings. The number of rotatable bonds is 1. The molecule has 0 spiro atoms. The second-order valence-electron chi connectivity index (χ2n) is 5.23. The van der Waals surface area contributed by atoms with E-state index in [-0.39, 0.29) is 5.41 Å². The fourth-order valence-corrected chi connectivity index (χ4v) is 2.70. The molecule has 100 valence electrons. The van der Waals surface area contributed by atoms with E-state index in [1.807, 2.05) is 45.0 Å². The largest absolute Gasteiger partial charge is 0.220 e. The Morgan fingerprint density at radius 2 is 1.53 bits per heavy atom. The lowest BCUT2D eigenvalue weighted by Gasteiger charge is -2.18. The van der Waals surface area contributed by atoms with Crippen molar-refractivity contribution in [3.05, 3.63) is 44.9 Å². The molecule has 0 bridgehead atoms. The van der Waals surface area contributed by atoms with E-state index in [0.29, 0.717) is 21.7 Å². The van der Waals surface area contributed by atoms with Crippen molar-refractivity contribution in [1.29, 1.82) is 0 Å². The van der Waals surface area contributed by atoms with E-state index >= 15 is 0 Å². The fourth-order valence-electron chi connectivity index (χ4n) is 1.63. The normalized spacial score (nSPS) is 11.7. The van der Waals surface area contributed by atoms with Crippen LogP contribution in [0.4, 0.5) is 0 Å². The van der Waals surface area contributed by atoms with Crippen LogP contribution in [0.5, 0.6) is 0 Å². The van der Waals surface area contributed by atoms with Crippen molar-refractivity contribution in [2.75, 3.05) is 0 Å². The first-order chi connectivity index (χ1) is 8.80. The van der Waals surface area contributed by atoms with Crippen molar-refractivity contribution in [1.82, 2.24) is 9.97 Å². The minimum absolute atomic E-state index is 0.195. The zero-order chi connectivity index (χ0) is 14.2. The quantitative estimate of drug-likeness (QED) is 0.627. The molecule has 5 heteroatoms. The molecule has 19 heavy (non-hydrogen) atoms. The summed E-state index contributed by atoms with van der Waals surface area (Å²) in [7, 11) is 0. The van der Waals surface area contributed by atoms with Gasteiger partial charge in [-0.05, 0) is 6.07 Å². The second-order valence-corrected chi connectivity index (χ2v) is 6.80. The molecule has 0 aliphatic carbocycles. The molecular formula is C14H13BrCl2N2. The zero-order valence-electron chi connectivity index (χ0n) is 10.8. The number of nitrogens with zero attached hydrogens (tertiary/aromatic N) is 2. The molecule has 0 amide bonds. The molecule has 0 aliphatic heterocycles. The minimum Gasteiger partial charge on any atom is -0.220 e. The summed E-state index contributed by atoms with van der Waals surface area (Å²) in [6, 6.07) is 7.71. The predicted molar refractivity (Wildman–Crippen MR) is 83.9 cm³/mol. The van der Waals surface area contributed by atoms with Gasteiger partial charge < -0.3 is 0 Å². The number of hydrogen-bond acceptors (Lipinski definition) is 2. The van der Waals surface area contributed by atoms with Gasteiger partial charge in [-0.15, -0.1) is 0 Å². The van der Waals surface area contributed by atoms with Crippen LogP contribution in [0, 0.1) is 0 Å². The molecule has 2 aromatic rings. The Labute approximate surface area is 131 Å². The molecule has 1 aromatic heterocycles. The van der Waals surface area contributed by atoms with Gasteiger partial charge in [-0.2, -0.15) is 0 Å². The first-order valence-corrected chi connectivity index (χ1v) is 7.34. The van der Waals surface area contributed by atoms with Gasteiger partial charge in [0.15, 0.2) is 0 Å². The van der Waals surface area contributed by atoms with Crippen LogP contribution in [0.1, 0.15) is 26.6 Å². The Bertz CT molecular complexity index is 598. The van der Waals surface area contributed by atoms with Gasteiger partial charge in [-0.1, -0.05) is 78.1 Å². The molecule has 1 heterocycles. The van der Waals surface area contributed by atoms with Crippen LogP contribution in [0.15, 0.2) is 28.7 Å². The number of aromatic nitrogens is 2. The highest BCUT2D eigenvalue weighted by Gasteiger charge is 2.22. The Morgan fingerprint density at radius 3 is 2.00 bits per heavy atom. The third-order valence-corrected chi connectivity index (χ3v) is 3.87. The third kappa shape index (κ3) is 3.10. The lowest BCUT2D eigenvalue weighted by atomic mass is 9.95. The molecule has 0 aliphatic rings. The summed E-state index contributed by atoms with van der Waals surface area (Å²) in [4.78, 5) is 8.74. The van der Waals surface area contributed by atoms with E-state index in [0.717, 1.165) is 10.0 Å². The van der Waals surface area contributed by atoms with Crippen LogP contribution in [0.3, 0.4) is 0 Å². The lowest BCUT2D eigenvalue weighted by molar-refractivity contribution is 0.545. The van der Waals surface area contributed by atoms with Crippen molar-refractivity contribution in [3.63, 3.8) is 0 Å². The molecule has 1 aromatic carbocycles. The van der Waals surface area contributed by atoms with Crippen LogP contribution in [0.25, 0.3) is 11.1 Å². The summed E-state index contributed by atoms with van der Waals surface area (Å²) in [6.07, 6.45) is 0. The lowest BCUT2D eigenvalue weighted by Crippen LogP contribution is -2.16.